The Labute approximate surface area is 233 Å². The van der Waals surface area contributed by atoms with Crippen LogP contribution in [-0.2, 0) is 13.1 Å². The Morgan fingerprint density at radius 1 is 0.975 bits per heavy atom. The van der Waals surface area contributed by atoms with Crippen LogP contribution in [0.2, 0.25) is 0 Å². The van der Waals surface area contributed by atoms with Crippen LogP contribution in [0.3, 0.4) is 0 Å². The van der Waals surface area contributed by atoms with Crippen LogP contribution < -0.4 is 10.3 Å². The van der Waals surface area contributed by atoms with E-state index in [4.69, 9.17) is 4.74 Å². The molecule has 0 saturated heterocycles. The Morgan fingerprint density at radius 2 is 1.70 bits per heavy atom. The van der Waals surface area contributed by atoms with Crippen molar-refractivity contribution in [3.8, 4) is 5.75 Å². The number of nitrogens with zero attached hydrogens (tertiary/aromatic N) is 5. The van der Waals surface area contributed by atoms with E-state index in [0.717, 1.165) is 59.0 Å². The summed E-state index contributed by atoms with van der Waals surface area (Å²) in [6.45, 7) is 3.26. The maximum Gasteiger partial charge on any atom is 0.253 e. The van der Waals surface area contributed by atoms with E-state index in [1.165, 1.54) is 0 Å². The Kier molecular flexibility index (Phi) is 7.42. The van der Waals surface area contributed by atoms with Crippen molar-refractivity contribution < 1.29 is 4.74 Å². The maximum atomic E-state index is 13.8. The molecule has 3 aromatic carbocycles. The monoisotopic (exact) mass is 534 g/mol. The van der Waals surface area contributed by atoms with Crippen molar-refractivity contribution in [2.45, 2.75) is 57.8 Å². The first-order chi connectivity index (χ1) is 19.6. The summed E-state index contributed by atoms with van der Waals surface area (Å²) >= 11 is 0. The molecule has 5 aromatic rings. The third-order valence-electron chi connectivity index (χ3n) is 7.89. The normalized spacial score (nSPS) is 14.7. The molecule has 1 saturated carbocycles. The number of benzene rings is 3. The van der Waals surface area contributed by atoms with Gasteiger partial charge >= 0.3 is 0 Å². The van der Waals surface area contributed by atoms with E-state index in [1.807, 2.05) is 53.2 Å². The highest BCUT2D eigenvalue weighted by molar-refractivity contribution is 5.79. The number of ether oxygens (including phenoxy) is 1. The van der Waals surface area contributed by atoms with Crippen molar-refractivity contribution in [1.29, 1.82) is 0 Å². The van der Waals surface area contributed by atoms with Gasteiger partial charge in [0.2, 0.25) is 0 Å². The smallest absolute Gasteiger partial charge is 0.253 e. The molecule has 8 heteroatoms. The molecule has 1 atom stereocenters. The highest BCUT2D eigenvalue weighted by atomic mass is 16.5. The van der Waals surface area contributed by atoms with Crippen LogP contribution in [0.15, 0.2) is 83.7 Å². The van der Waals surface area contributed by atoms with E-state index < -0.39 is 6.04 Å². The molecule has 2 heterocycles. The van der Waals surface area contributed by atoms with Crippen LogP contribution in [0, 0.1) is 6.92 Å². The topological polar surface area (TPSA) is 88.9 Å². The minimum atomic E-state index is -0.466. The van der Waals surface area contributed by atoms with Gasteiger partial charge in [0.15, 0.2) is 5.82 Å². The Morgan fingerprint density at radius 3 is 2.42 bits per heavy atom. The first kappa shape index (κ1) is 26.0. The number of tetrazole rings is 1. The number of aromatic amines is 1. The van der Waals surface area contributed by atoms with Gasteiger partial charge in [0.25, 0.3) is 5.56 Å². The van der Waals surface area contributed by atoms with Gasteiger partial charge < -0.3 is 9.72 Å². The van der Waals surface area contributed by atoms with Crippen LogP contribution in [-0.4, -0.2) is 37.2 Å². The number of nitrogens with one attached hydrogen (secondary N) is 1. The van der Waals surface area contributed by atoms with E-state index >= 15 is 0 Å². The summed E-state index contributed by atoms with van der Waals surface area (Å²) in [6, 6.07) is 26.3. The van der Waals surface area contributed by atoms with Crippen molar-refractivity contribution in [3.63, 3.8) is 0 Å². The lowest BCUT2D eigenvalue weighted by Gasteiger charge is -2.32. The average Bonchev–Trinajstić information content (AvgIpc) is 3.67. The fourth-order valence-electron chi connectivity index (χ4n) is 5.86. The summed E-state index contributed by atoms with van der Waals surface area (Å²) in [5.41, 5.74) is 4.71. The number of H-pyrrole nitrogens is 1. The standard InChI is InChI=1S/C32H34N6O2/c1-22-12-17-29-25(18-22)19-28(32(39)33-29)30(31-34-35-36-38(31)26-10-6-7-11-26)37(20-23-8-4-3-5-9-23)21-24-13-15-27(40-2)16-14-24/h3-5,8-9,12-19,26,30H,6-7,10-11,20-21H2,1-2H3,(H,33,39). The average molecular weight is 535 g/mol. The molecule has 0 amide bonds. The van der Waals surface area contributed by atoms with E-state index in [2.05, 4.69) is 62.7 Å². The summed E-state index contributed by atoms with van der Waals surface area (Å²) in [5, 5.41) is 14.2. The minimum Gasteiger partial charge on any atom is -0.497 e. The molecule has 204 valence electrons. The van der Waals surface area contributed by atoms with Gasteiger partial charge in [-0.15, -0.1) is 5.10 Å². The van der Waals surface area contributed by atoms with E-state index in [1.54, 1.807) is 7.11 Å². The first-order valence-corrected chi connectivity index (χ1v) is 13.9. The van der Waals surface area contributed by atoms with Crippen LogP contribution in [0.25, 0.3) is 10.9 Å². The lowest BCUT2D eigenvalue weighted by Crippen LogP contribution is -2.35. The van der Waals surface area contributed by atoms with Gasteiger partial charge in [-0.05, 0) is 77.0 Å². The van der Waals surface area contributed by atoms with Gasteiger partial charge in [-0.25, -0.2) is 4.68 Å². The molecule has 1 aliphatic carbocycles. The lowest BCUT2D eigenvalue weighted by molar-refractivity contribution is 0.190. The van der Waals surface area contributed by atoms with Crippen molar-refractivity contribution in [3.05, 3.63) is 117 Å². The molecule has 1 unspecified atom stereocenters. The second kappa shape index (κ2) is 11.4. The lowest BCUT2D eigenvalue weighted by atomic mass is 10.0. The third kappa shape index (κ3) is 5.40. The summed E-state index contributed by atoms with van der Waals surface area (Å²) in [5.74, 6) is 1.51. The number of aromatic nitrogens is 5. The molecule has 8 nitrogen and oxygen atoms in total. The molecule has 1 aliphatic rings. The van der Waals surface area contributed by atoms with Gasteiger partial charge in [-0.1, -0.05) is 66.9 Å². The predicted octanol–water partition coefficient (Wildman–Crippen LogP) is 5.74. The second-order valence-electron chi connectivity index (χ2n) is 10.7. The number of aryl methyl sites for hydroxylation is 1. The number of methoxy groups -OCH3 is 1. The number of hydrogen-bond acceptors (Lipinski definition) is 6. The largest absolute Gasteiger partial charge is 0.497 e. The summed E-state index contributed by atoms with van der Waals surface area (Å²) in [4.78, 5) is 19.2. The van der Waals surface area contributed by atoms with Gasteiger partial charge in [0.1, 0.15) is 11.8 Å². The van der Waals surface area contributed by atoms with Crippen LogP contribution >= 0.6 is 0 Å². The van der Waals surface area contributed by atoms with Gasteiger partial charge in [0.05, 0.1) is 13.2 Å². The zero-order chi connectivity index (χ0) is 27.5. The van der Waals surface area contributed by atoms with Gasteiger partial charge in [0, 0.05) is 24.2 Å². The van der Waals surface area contributed by atoms with E-state index in [0.29, 0.717) is 24.5 Å². The summed E-state index contributed by atoms with van der Waals surface area (Å²) in [6.07, 6.45) is 4.39. The van der Waals surface area contributed by atoms with Crippen molar-refractivity contribution in [2.24, 2.45) is 0 Å². The quantitative estimate of drug-likeness (QED) is 0.260. The Balaban J connectivity index is 1.52. The number of fused-ring (bicyclic) bond motifs is 1. The maximum absolute atomic E-state index is 13.8. The SMILES string of the molecule is COc1ccc(CN(Cc2ccccc2)C(c2cc3cc(C)ccc3[nH]c2=O)c2nnnn2C2CCCC2)cc1. The molecule has 1 fully saturated rings. The number of pyridine rings is 1. The van der Waals surface area contributed by atoms with Crippen molar-refractivity contribution in [1.82, 2.24) is 30.1 Å². The number of hydrogen-bond donors (Lipinski definition) is 1. The first-order valence-electron chi connectivity index (χ1n) is 13.9. The molecular formula is C32H34N6O2. The molecule has 1 N–H and O–H groups in total. The number of rotatable bonds is 9. The second-order valence-corrected chi connectivity index (χ2v) is 10.7. The Hall–Kier alpha value is -4.30. The molecule has 0 radical (unpaired) electrons. The van der Waals surface area contributed by atoms with Crippen molar-refractivity contribution in [2.75, 3.05) is 7.11 Å². The fourth-order valence-corrected chi connectivity index (χ4v) is 5.86. The highest BCUT2D eigenvalue weighted by Gasteiger charge is 2.33. The van der Waals surface area contributed by atoms with Crippen LogP contribution in [0.5, 0.6) is 5.75 Å². The molecular weight excluding hydrogens is 500 g/mol. The molecule has 6 rings (SSSR count). The van der Waals surface area contributed by atoms with Gasteiger partial charge in [-0.2, -0.15) is 0 Å². The Bertz CT molecular complexity index is 1640. The van der Waals surface area contributed by atoms with Crippen LogP contribution in [0.4, 0.5) is 0 Å². The zero-order valence-electron chi connectivity index (χ0n) is 23.0. The summed E-state index contributed by atoms with van der Waals surface area (Å²) < 4.78 is 7.37. The van der Waals surface area contributed by atoms with Crippen molar-refractivity contribution >= 4 is 10.9 Å². The van der Waals surface area contributed by atoms with E-state index in [9.17, 15) is 4.79 Å². The van der Waals surface area contributed by atoms with Gasteiger partial charge in [-0.3, -0.25) is 9.69 Å². The fraction of sp³-hybridized carbons (Fsp3) is 0.312. The summed E-state index contributed by atoms with van der Waals surface area (Å²) in [7, 11) is 1.67. The molecule has 0 aliphatic heterocycles. The van der Waals surface area contributed by atoms with Crippen LogP contribution in [0.1, 0.15) is 65.8 Å². The molecule has 2 aromatic heterocycles. The highest BCUT2D eigenvalue weighted by Crippen LogP contribution is 2.35. The van der Waals surface area contributed by atoms with E-state index in [-0.39, 0.29) is 11.6 Å². The molecule has 40 heavy (non-hydrogen) atoms. The molecule has 0 spiro atoms. The predicted molar refractivity (Wildman–Crippen MR) is 155 cm³/mol. The zero-order valence-corrected chi connectivity index (χ0v) is 23.0. The minimum absolute atomic E-state index is 0.130. The third-order valence-corrected chi connectivity index (χ3v) is 7.89. The molecule has 0 bridgehead atoms.